The molecule has 0 aliphatic rings. The molecule has 1 rings (SSSR count). The molecule has 0 heterocycles. The van der Waals surface area contributed by atoms with E-state index in [1.807, 2.05) is 0 Å². The van der Waals surface area contributed by atoms with Gasteiger partial charge in [-0.25, -0.2) is 8.42 Å². The van der Waals surface area contributed by atoms with Crippen LogP contribution >= 0.6 is 0 Å². The monoisotopic (exact) mass is 243 g/mol. The average molecular weight is 243 g/mol. The summed E-state index contributed by atoms with van der Waals surface area (Å²) in [5.41, 5.74) is 0.546. The number of carbonyl (C=O) groups excluding carboxylic acids is 1. The van der Waals surface area contributed by atoms with Crippen molar-refractivity contribution in [3.63, 3.8) is 0 Å². The number of nitrogens with one attached hydrogen (secondary N) is 1. The van der Waals surface area contributed by atoms with Gasteiger partial charge in [0.15, 0.2) is 9.84 Å². The first-order valence-electron chi connectivity index (χ1n) is 4.60. The summed E-state index contributed by atoms with van der Waals surface area (Å²) in [6.07, 6.45) is 0.993. The van der Waals surface area contributed by atoms with Crippen LogP contribution in [0.5, 0.6) is 5.75 Å². The van der Waals surface area contributed by atoms with E-state index in [4.69, 9.17) is 0 Å². The van der Waals surface area contributed by atoms with E-state index in [0.29, 0.717) is 5.56 Å². The van der Waals surface area contributed by atoms with Gasteiger partial charge in [-0.05, 0) is 6.07 Å². The summed E-state index contributed by atoms with van der Waals surface area (Å²) in [6.45, 7) is 0.112. The van der Waals surface area contributed by atoms with E-state index >= 15 is 0 Å². The van der Waals surface area contributed by atoms with Gasteiger partial charge in [-0.15, -0.1) is 0 Å². The molecule has 0 aliphatic heterocycles. The van der Waals surface area contributed by atoms with Crippen LogP contribution in [-0.2, 0) is 21.2 Å². The van der Waals surface area contributed by atoms with Gasteiger partial charge in [0.05, 0.1) is 0 Å². The molecular formula is C10H13NO4S. The summed E-state index contributed by atoms with van der Waals surface area (Å²) in [7, 11) is -3.31. The molecule has 0 unspecified atom stereocenters. The van der Waals surface area contributed by atoms with Crippen molar-refractivity contribution in [1.82, 2.24) is 5.32 Å². The van der Waals surface area contributed by atoms with Gasteiger partial charge in [0.2, 0.25) is 5.91 Å². The van der Waals surface area contributed by atoms with Gasteiger partial charge in [-0.1, -0.05) is 18.2 Å². The van der Waals surface area contributed by atoms with Gasteiger partial charge in [-0.3, -0.25) is 4.79 Å². The molecule has 1 aromatic carbocycles. The zero-order chi connectivity index (χ0) is 12.2. The molecule has 0 saturated carbocycles. The fraction of sp³-hybridized carbons (Fsp3) is 0.300. The number of phenols is 1. The van der Waals surface area contributed by atoms with Crippen LogP contribution in [0.4, 0.5) is 0 Å². The van der Waals surface area contributed by atoms with E-state index in [1.54, 1.807) is 18.2 Å². The molecule has 1 amide bonds. The minimum Gasteiger partial charge on any atom is -0.508 e. The van der Waals surface area contributed by atoms with Crippen molar-refractivity contribution in [2.75, 3.05) is 12.0 Å². The zero-order valence-corrected chi connectivity index (χ0v) is 9.62. The van der Waals surface area contributed by atoms with Crippen LogP contribution in [0, 0.1) is 0 Å². The summed E-state index contributed by atoms with van der Waals surface area (Å²) in [5, 5.41) is 11.8. The predicted octanol–water partition coefficient (Wildman–Crippen LogP) is 0.0530. The Bertz CT molecular complexity index is 481. The molecular weight excluding hydrogens is 230 g/mol. The third-order valence-corrected chi connectivity index (χ3v) is 2.65. The third kappa shape index (κ3) is 4.31. The number of para-hydroxylation sites is 1. The first-order valence-corrected chi connectivity index (χ1v) is 6.66. The van der Waals surface area contributed by atoms with E-state index < -0.39 is 21.5 Å². The fourth-order valence-electron chi connectivity index (χ4n) is 1.14. The molecule has 1 aromatic rings. The Balaban J connectivity index is 2.53. The van der Waals surface area contributed by atoms with Gasteiger partial charge >= 0.3 is 0 Å². The molecule has 2 N–H and O–H groups in total. The molecule has 0 aromatic heterocycles. The highest BCUT2D eigenvalue weighted by Crippen LogP contribution is 2.14. The maximum atomic E-state index is 11.2. The highest BCUT2D eigenvalue weighted by atomic mass is 32.2. The minimum absolute atomic E-state index is 0.0714. The van der Waals surface area contributed by atoms with Gasteiger partial charge in [0.25, 0.3) is 0 Å². The van der Waals surface area contributed by atoms with Gasteiger partial charge in [0, 0.05) is 18.4 Å². The van der Waals surface area contributed by atoms with E-state index in [1.165, 1.54) is 6.07 Å². The number of rotatable bonds is 4. The number of hydrogen-bond acceptors (Lipinski definition) is 4. The van der Waals surface area contributed by atoms with Crippen molar-refractivity contribution >= 4 is 15.7 Å². The second-order valence-corrected chi connectivity index (χ2v) is 5.62. The summed E-state index contributed by atoms with van der Waals surface area (Å²) >= 11 is 0. The largest absolute Gasteiger partial charge is 0.508 e. The Morgan fingerprint density at radius 3 is 2.56 bits per heavy atom. The van der Waals surface area contributed by atoms with E-state index in [2.05, 4.69) is 5.32 Å². The minimum atomic E-state index is -3.31. The average Bonchev–Trinajstić information content (AvgIpc) is 2.14. The first-order chi connectivity index (χ1) is 7.38. The fourth-order valence-corrected chi connectivity index (χ4v) is 1.72. The number of phenolic OH excluding ortho intramolecular Hbond substituents is 1. The Morgan fingerprint density at radius 1 is 1.38 bits per heavy atom. The Morgan fingerprint density at radius 2 is 2.00 bits per heavy atom. The maximum Gasteiger partial charge on any atom is 0.235 e. The summed E-state index contributed by atoms with van der Waals surface area (Å²) < 4.78 is 21.6. The third-order valence-electron chi connectivity index (χ3n) is 1.86. The molecule has 0 radical (unpaired) electrons. The van der Waals surface area contributed by atoms with Gasteiger partial charge in [-0.2, -0.15) is 0 Å². The summed E-state index contributed by atoms with van der Waals surface area (Å²) in [5.74, 6) is -1.05. The van der Waals surface area contributed by atoms with Gasteiger partial charge < -0.3 is 10.4 Å². The van der Waals surface area contributed by atoms with Crippen LogP contribution in [0.2, 0.25) is 0 Å². The standard InChI is InChI=1S/C10H13NO4S/c1-16(14,15)7-10(13)11-6-8-4-2-3-5-9(8)12/h2-5,12H,6-7H2,1H3,(H,11,13). The topological polar surface area (TPSA) is 83.5 Å². The van der Waals surface area contributed by atoms with Crippen molar-refractivity contribution in [1.29, 1.82) is 0 Å². The van der Waals surface area contributed by atoms with E-state index in [9.17, 15) is 18.3 Å². The number of carbonyl (C=O) groups is 1. The van der Waals surface area contributed by atoms with Crippen LogP contribution in [0.25, 0.3) is 0 Å². The second kappa shape index (κ2) is 4.98. The second-order valence-electron chi connectivity index (χ2n) is 3.48. The summed E-state index contributed by atoms with van der Waals surface area (Å²) in [4.78, 5) is 11.2. The molecule has 0 fully saturated rings. The van der Waals surface area contributed by atoms with Crippen LogP contribution in [0.3, 0.4) is 0 Å². The molecule has 6 heteroatoms. The quantitative estimate of drug-likeness (QED) is 0.783. The lowest BCUT2D eigenvalue weighted by Crippen LogP contribution is -2.29. The first kappa shape index (κ1) is 12.5. The van der Waals surface area contributed by atoms with E-state index in [-0.39, 0.29) is 12.3 Å². The normalized spacial score (nSPS) is 11.1. The molecule has 0 atom stereocenters. The van der Waals surface area contributed by atoms with Crippen molar-refractivity contribution in [3.8, 4) is 5.75 Å². The molecule has 0 bridgehead atoms. The van der Waals surface area contributed by atoms with Crippen LogP contribution < -0.4 is 5.32 Å². The molecule has 16 heavy (non-hydrogen) atoms. The lowest BCUT2D eigenvalue weighted by molar-refractivity contribution is -0.118. The summed E-state index contributed by atoms with van der Waals surface area (Å²) in [6, 6.07) is 6.53. The highest BCUT2D eigenvalue weighted by Gasteiger charge is 2.10. The molecule has 0 spiro atoms. The lowest BCUT2D eigenvalue weighted by atomic mass is 10.2. The molecule has 5 nitrogen and oxygen atoms in total. The Hall–Kier alpha value is -1.56. The van der Waals surface area contributed by atoms with Crippen molar-refractivity contribution in [2.24, 2.45) is 0 Å². The smallest absolute Gasteiger partial charge is 0.235 e. The lowest BCUT2D eigenvalue weighted by Gasteiger charge is -2.05. The van der Waals surface area contributed by atoms with Crippen molar-refractivity contribution in [2.45, 2.75) is 6.54 Å². The zero-order valence-electron chi connectivity index (χ0n) is 8.80. The Labute approximate surface area is 94.0 Å². The van der Waals surface area contributed by atoms with Crippen LogP contribution in [0.15, 0.2) is 24.3 Å². The number of aromatic hydroxyl groups is 1. The van der Waals surface area contributed by atoms with Crippen molar-refractivity contribution in [3.05, 3.63) is 29.8 Å². The number of hydrogen-bond donors (Lipinski definition) is 2. The number of amides is 1. The maximum absolute atomic E-state index is 11.2. The molecule has 88 valence electrons. The van der Waals surface area contributed by atoms with Crippen molar-refractivity contribution < 1.29 is 18.3 Å². The van der Waals surface area contributed by atoms with Gasteiger partial charge in [0.1, 0.15) is 11.5 Å². The number of benzene rings is 1. The SMILES string of the molecule is CS(=O)(=O)CC(=O)NCc1ccccc1O. The predicted molar refractivity (Wildman–Crippen MR) is 59.7 cm³/mol. The molecule has 0 aliphatic carbocycles. The van der Waals surface area contributed by atoms with Crippen LogP contribution in [-0.4, -0.2) is 31.4 Å². The highest BCUT2D eigenvalue weighted by molar-refractivity contribution is 7.91. The Kier molecular flexibility index (Phi) is 3.89. The van der Waals surface area contributed by atoms with E-state index in [0.717, 1.165) is 6.26 Å². The van der Waals surface area contributed by atoms with Crippen LogP contribution in [0.1, 0.15) is 5.56 Å². The number of sulfone groups is 1. The molecule has 0 saturated heterocycles.